The molecule has 1 saturated heterocycles. The molecule has 0 spiro atoms. The number of aryl methyl sites for hydroxylation is 1. The summed E-state index contributed by atoms with van der Waals surface area (Å²) in [6.07, 6.45) is 5.70. The number of rotatable bonds is 1. The molecule has 1 aliphatic heterocycles. The van der Waals surface area contributed by atoms with Crippen molar-refractivity contribution in [3.8, 4) is 0 Å². The molecule has 3 rings (SSSR count). The summed E-state index contributed by atoms with van der Waals surface area (Å²) in [5.74, 6) is 0.171. The van der Waals surface area contributed by atoms with Crippen LogP contribution in [0.1, 0.15) is 60.3 Å². The first-order valence-corrected chi connectivity index (χ1v) is 8.03. The van der Waals surface area contributed by atoms with Crippen LogP contribution >= 0.6 is 11.3 Å². The largest absolute Gasteiger partial charge is 0.390 e. The van der Waals surface area contributed by atoms with Gasteiger partial charge in [0.05, 0.1) is 10.6 Å². The fourth-order valence-corrected chi connectivity index (χ4v) is 4.65. The molecule has 0 unspecified atom stereocenters. The molecule has 0 atom stereocenters. The Morgan fingerprint density at radius 1 is 1.26 bits per heavy atom. The van der Waals surface area contributed by atoms with Gasteiger partial charge < -0.3 is 10.6 Å². The summed E-state index contributed by atoms with van der Waals surface area (Å²) in [7, 11) is 0. The molecule has 1 fully saturated rings. The van der Waals surface area contributed by atoms with E-state index in [4.69, 9.17) is 5.73 Å². The number of thiophene rings is 1. The number of hydrogen-bond donors (Lipinski definition) is 1. The minimum atomic E-state index is 0.101. The molecular weight excluding hydrogens is 256 g/mol. The molecule has 2 heterocycles. The SMILES string of the molecule is CC1(C)CCc2sc(N)c(C(=O)N3CCCCC3)c21. The maximum Gasteiger partial charge on any atom is 0.257 e. The van der Waals surface area contributed by atoms with Crippen LogP contribution in [-0.4, -0.2) is 23.9 Å². The predicted molar refractivity (Wildman–Crippen MR) is 79.8 cm³/mol. The number of nitrogens with zero attached hydrogens (tertiary/aromatic N) is 1. The van der Waals surface area contributed by atoms with Gasteiger partial charge in [-0.2, -0.15) is 0 Å². The quantitative estimate of drug-likeness (QED) is 0.857. The van der Waals surface area contributed by atoms with E-state index in [0.29, 0.717) is 0 Å². The van der Waals surface area contributed by atoms with Gasteiger partial charge in [0, 0.05) is 18.0 Å². The highest BCUT2D eigenvalue weighted by molar-refractivity contribution is 7.16. The Labute approximate surface area is 118 Å². The Hall–Kier alpha value is -1.03. The summed E-state index contributed by atoms with van der Waals surface area (Å²) < 4.78 is 0. The van der Waals surface area contributed by atoms with Crippen LogP contribution in [0.4, 0.5) is 5.00 Å². The first-order chi connectivity index (χ1) is 9.00. The van der Waals surface area contributed by atoms with E-state index in [2.05, 4.69) is 13.8 Å². The van der Waals surface area contributed by atoms with Gasteiger partial charge in [0.1, 0.15) is 0 Å². The molecule has 3 nitrogen and oxygen atoms in total. The second-order valence-electron chi connectivity index (χ2n) is 6.38. The van der Waals surface area contributed by atoms with Crippen molar-refractivity contribution in [3.63, 3.8) is 0 Å². The monoisotopic (exact) mass is 278 g/mol. The lowest BCUT2D eigenvalue weighted by Gasteiger charge is -2.28. The number of nitrogens with two attached hydrogens (primary N) is 1. The van der Waals surface area contributed by atoms with E-state index in [9.17, 15) is 4.79 Å². The van der Waals surface area contributed by atoms with Gasteiger partial charge in [-0.1, -0.05) is 13.8 Å². The number of nitrogen functional groups attached to an aromatic ring is 1. The predicted octanol–water partition coefficient (Wildman–Crippen LogP) is 3.18. The van der Waals surface area contributed by atoms with E-state index >= 15 is 0 Å². The summed E-state index contributed by atoms with van der Waals surface area (Å²) in [5.41, 5.74) is 8.32. The number of piperidine rings is 1. The summed E-state index contributed by atoms with van der Waals surface area (Å²) in [5, 5.41) is 0.730. The van der Waals surface area contributed by atoms with Crippen molar-refractivity contribution in [1.82, 2.24) is 4.90 Å². The standard InChI is InChI=1S/C15H22N2OS/c1-15(2)7-6-10-12(15)11(13(16)19-10)14(18)17-8-4-3-5-9-17/h3-9,16H2,1-2H3. The summed E-state index contributed by atoms with van der Waals surface area (Å²) >= 11 is 1.63. The number of amides is 1. The van der Waals surface area contributed by atoms with Gasteiger partial charge in [0.25, 0.3) is 5.91 Å². The lowest BCUT2D eigenvalue weighted by atomic mass is 9.84. The molecule has 1 aromatic heterocycles. The highest BCUT2D eigenvalue weighted by Crippen LogP contribution is 2.47. The van der Waals surface area contributed by atoms with Crippen molar-refractivity contribution in [2.24, 2.45) is 0 Å². The van der Waals surface area contributed by atoms with Crippen LogP contribution in [-0.2, 0) is 11.8 Å². The zero-order valence-electron chi connectivity index (χ0n) is 11.8. The highest BCUT2D eigenvalue weighted by Gasteiger charge is 2.38. The van der Waals surface area contributed by atoms with Crippen molar-refractivity contribution in [3.05, 3.63) is 16.0 Å². The Bertz CT molecular complexity index is 512. The maximum atomic E-state index is 12.8. The minimum absolute atomic E-state index is 0.101. The molecule has 19 heavy (non-hydrogen) atoms. The molecule has 0 radical (unpaired) electrons. The third kappa shape index (κ3) is 2.06. The smallest absolute Gasteiger partial charge is 0.257 e. The van der Waals surface area contributed by atoms with Gasteiger partial charge >= 0.3 is 0 Å². The topological polar surface area (TPSA) is 46.3 Å². The van der Waals surface area contributed by atoms with E-state index < -0.39 is 0 Å². The zero-order valence-corrected chi connectivity index (χ0v) is 12.6. The lowest BCUT2D eigenvalue weighted by molar-refractivity contribution is 0.0723. The molecule has 4 heteroatoms. The lowest BCUT2D eigenvalue weighted by Crippen LogP contribution is -2.36. The van der Waals surface area contributed by atoms with Crippen LogP contribution in [0.2, 0.25) is 0 Å². The van der Waals surface area contributed by atoms with Gasteiger partial charge in [0.15, 0.2) is 0 Å². The van der Waals surface area contributed by atoms with Crippen molar-refractivity contribution < 1.29 is 4.79 Å². The van der Waals surface area contributed by atoms with Crippen molar-refractivity contribution in [2.75, 3.05) is 18.8 Å². The maximum absolute atomic E-state index is 12.8. The van der Waals surface area contributed by atoms with Crippen molar-refractivity contribution in [1.29, 1.82) is 0 Å². The summed E-state index contributed by atoms with van der Waals surface area (Å²) in [4.78, 5) is 16.1. The molecule has 1 amide bonds. The molecular formula is C15H22N2OS. The van der Waals surface area contributed by atoms with E-state index in [-0.39, 0.29) is 11.3 Å². The number of anilines is 1. The van der Waals surface area contributed by atoms with E-state index in [1.165, 1.54) is 16.9 Å². The molecule has 104 valence electrons. The van der Waals surface area contributed by atoms with Gasteiger partial charge in [-0.05, 0) is 43.1 Å². The first kappa shape index (κ1) is 13.0. The molecule has 0 bridgehead atoms. The van der Waals surface area contributed by atoms with Gasteiger partial charge in [0.2, 0.25) is 0 Å². The average molecular weight is 278 g/mol. The molecule has 0 saturated carbocycles. The zero-order chi connectivity index (χ0) is 13.6. The second-order valence-corrected chi connectivity index (χ2v) is 7.51. The first-order valence-electron chi connectivity index (χ1n) is 7.21. The second kappa shape index (κ2) is 4.51. The van der Waals surface area contributed by atoms with E-state index in [1.54, 1.807) is 11.3 Å². The summed E-state index contributed by atoms with van der Waals surface area (Å²) in [6, 6.07) is 0. The van der Waals surface area contributed by atoms with Crippen LogP contribution in [0, 0.1) is 0 Å². The number of fused-ring (bicyclic) bond motifs is 1. The minimum Gasteiger partial charge on any atom is -0.390 e. The fourth-order valence-electron chi connectivity index (χ4n) is 3.41. The Morgan fingerprint density at radius 2 is 1.95 bits per heavy atom. The summed E-state index contributed by atoms with van der Waals surface area (Å²) in [6.45, 7) is 6.25. The molecule has 2 aliphatic rings. The third-order valence-electron chi connectivity index (χ3n) is 4.52. The Kier molecular flexibility index (Phi) is 3.08. The van der Waals surface area contributed by atoms with Crippen LogP contribution in [0.3, 0.4) is 0 Å². The number of carbonyl (C=O) groups is 1. The van der Waals surface area contributed by atoms with Gasteiger partial charge in [-0.15, -0.1) is 11.3 Å². The van der Waals surface area contributed by atoms with E-state index in [1.807, 2.05) is 4.90 Å². The fraction of sp³-hybridized carbons (Fsp3) is 0.667. The highest BCUT2D eigenvalue weighted by atomic mass is 32.1. The number of likely N-dealkylation sites (tertiary alicyclic amines) is 1. The van der Waals surface area contributed by atoms with Crippen molar-refractivity contribution in [2.45, 2.75) is 51.4 Å². The van der Waals surface area contributed by atoms with Crippen LogP contribution < -0.4 is 5.73 Å². The number of hydrogen-bond acceptors (Lipinski definition) is 3. The van der Waals surface area contributed by atoms with Crippen LogP contribution in [0.5, 0.6) is 0 Å². The molecule has 2 N–H and O–H groups in total. The van der Waals surface area contributed by atoms with Gasteiger partial charge in [-0.25, -0.2) is 0 Å². The normalized spacial score (nSPS) is 21.5. The molecule has 1 aliphatic carbocycles. The number of carbonyl (C=O) groups excluding carboxylic acids is 1. The van der Waals surface area contributed by atoms with Crippen molar-refractivity contribution >= 4 is 22.2 Å². The van der Waals surface area contributed by atoms with E-state index in [0.717, 1.165) is 49.3 Å². The Morgan fingerprint density at radius 3 is 2.63 bits per heavy atom. The third-order valence-corrected chi connectivity index (χ3v) is 5.60. The Balaban J connectivity index is 1.99. The average Bonchev–Trinajstić information content (AvgIpc) is 2.87. The van der Waals surface area contributed by atoms with Crippen LogP contribution in [0.25, 0.3) is 0 Å². The van der Waals surface area contributed by atoms with Crippen LogP contribution in [0.15, 0.2) is 0 Å². The molecule has 0 aromatic carbocycles. The molecule has 1 aromatic rings. The van der Waals surface area contributed by atoms with Gasteiger partial charge in [-0.3, -0.25) is 4.79 Å².